The second-order valence-electron chi connectivity index (χ2n) is 4.86. The van der Waals surface area contributed by atoms with Crippen LogP contribution < -0.4 is 5.32 Å². The van der Waals surface area contributed by atoms with Crippen LogP contribution in [0.25, 0.3) is 0 Å². The van der Waals surface area contributed by atoms with Crippen LogP contribution in [-0.4, -0.2) is 27.8 Å². The zero-order valence-corrected chi connectivity index (χ0v) is 11.2. The van der Waals surface area contributed by atoms with Crippen molar-refractivity contribution in [2.45, 2.75) is 30.6 Å². The van der Waals surface area contributed by atoms with E-state index in [0.29, 0.717) is 10.8 Å². The van der Waals surface area contributed by atoms with E-state index in [4.69, 9.17) is 0 Å². The van der Waals surface area contributed by atoms with E-state index in [1.165, 1.54) is 6.26 Å². The molecule has 1 aliphatic heterocycles. The molecule has 1 aromatic rings. The third-order valence-electron chi connectivity index (χ3n) is 3.31. The van der Waals surface area contributed by atoms with Crippen LogP contribution >= 0.6 is 0 Å². The minimum Gasteiger partial charge on any atom is -0.316 e. The average Bonchev–Trinajstić information content (AvgIpc) is 2.29. The standard InChI is InChI=1S/C13H19NO2S/c1-10-5-6-12(11-4-3-7-14-9-11)13(8-10)17(2,15)16/h5-6,8,11,14H,3-4,7,9H2,1-2H3. The summed E-state index contributed by atoms with van der Waals surface area (Å²) in [5, 5.41) is 3.33. The molecule has 0 saturated carbocycles. The van der Waals surface area contributed by atoms with Crippen molar-refractivity contribution in [3.63, 3.8) is 0 Å². The predicted octanol–water partition coefficient (Wildman–Crippen LogP) is 1.87. The Labute approximate surface area is 103 Å². The number of aryl methyl sites for hydroxylation is 1. The van der Waals surface area contributed by atoms with Gasteiger partial charge >= 0.3 is 0 Å². The summed E-state index contributed by atoms with van der Waals surface area (Å²) in [6.45, 7) is 3.85. The Morgan fingerprint density at radius 2 is 2.12 bits per heavy atom. The van der Waals surface area contributed by atoms with Crippen molar-refractivity contribution in [3.05, 3.63) is 29.3 Å². The number of benzene rings is 1. The first-order valence-electron chi connectivity index (χ1n) is 6.00. The highest BCUT2D eigenvalue weighted by atomic mass is 32.2. The van der Waals surface area contributed by atoms with Crippen LogP contribution in [0.5, 0.6) is 0 Å². The molecule has 94 valence electrons. The first kappa shape index (κ1) is 12.6. The van der Waals surface area contributed by atoms with Crippen molar-refractivity contribution in [2.24, 2.45) is 0 Å². The minimum absolute atomic E-state index is 0.328. The van der Waals surface area contributed by atoms with Gasteiger partial charge in [0.05, 0.1) is 4.90 Å². The zero-order valence-electron chi connectivity index (χ0n) is 10.4. The molecule has 3 nitrogen and oxygen atoms in total. The Balaban J connectivity index is 2.45. The van der Waals surface area contributed by atoms with Gasteiger partial charge in [-0.15, -0.1) is 0 Å². The lowest BCUT2D eigenvalue weighted by Gasteiger charge is -2.25. The van der Waals surface area contributed by atoms with Gasteiger partial charge in [-0.2, -0.15) is 0 Å². The Kier molecular flexibility index (Phi) is 3.54. The van der Waals surface area contributed by atoms with E-state index >= 15 is 0 Å². The molecule has 1 aromatic carbocycles. The third-order valence-corrected chi connectivity index (χ3v) is 4.46. The Morgan fingerprint density at radius 3 is 2.71 bits per heavy atom. The summed E-state index contributed by atoms with van der Waals surface area (Å²) < 4.78 is 23.7. The van der Waals surface area contributed by atoms with Crippen LogP contribution in [0.15, 0.2) is 23.1 Å². The lowest BCUT2D eigenvalue weighted by Crippen LogP contribution is -2.29. The molecule has 4 heteroatoms. The molecule has 1 N–H and O–H groups in total. The van der Waals surface area contributed by atoms with Gasteiger partial charge in [0.15, 0.2) is 9.84 Å². The molecule has 1 fully saturated rings. The second kappa shape index (κ2) is 4.78. The molecule has 0 radical (unpaired) electrons. The van der Waals surface area contributed by atoms with Gasteiger partial charge in [-0.3, -0.25) is 0 Å². The van der Waals surface area contributed by atoms with E-state index in [1.807, 2.05) is 19.1 Å². The van der Waals surface area contributed by atoms with Crippen LogP contribution in [0.1, 0.15) is 29.9 Å². The number of nitrogens with one attached hydrogen (secondary N) is 1. The Bertz CT molecular complexity index is 502. The van der Waals surface area contributed by atoms with E-state index in [-0.39, 0.29) is 0 Å². The molecule has 0 aliphatic carbocycles. The second-order valence-corrected chi connectivity index (χ2v) is 6.84. The van der Waals surface area contributed by atoms with Gasteiger partial charge < -0.3 is 5.32 Å². The maximum atomic E-state index is 11.8. The number of hydrogen-bond donors (Lipinski definition) is 1. The topological polar surface area (TPSA) is 46.2 Å². The van der Waals surface area contributed by atoms with Crippen LogP contribution in [0.4, 0.5) is 0 Å². The normalized spacial score (nSPS) is 21.4. The Hall–Kier alpha value is -0.870. The van der Waals surface area contributed by atoms with Gasteiger partial charge in [0.2, 0.25) is 0 Å². The number of hydrogen-bond acceptors (Lipinski definition) is 3. The summed E-state index contributed by atoms with van der Waals surface area (Å²) >= 11 is 0. The fourth-order valence-electron chi connectivity index (χ4n) is 2.42. The van der Waals surface area contributed by atoms with Crippen LogP contribution in [0.3, 0.4) is 0 Å². The minimum atomic E-state index is -3.13. The van der Waals surface area contributed by atoms with Crippen molar-refractivity contribution in [1.29, 1.82) is 0 Å². The summed E-state index contributed by atoms with van der Waals surface area (Å²) in [5.41, 5.74) is 1.98. The summed E-state index contributed by atoms with van der Waals surface area (Å²) in [7, 11) is -3.13. The van der Waals surface area contributed by atoms with Crippen molar-refractivity contribution in [2.75, 3.05) is 19.3 Å². The highest BCUT2D eigenvalue weighted by Gasteiger charge is 2.22. The van der Waals surface area contributed by atoms with Crippen molar-refractivity contribution in [1.82, 2.24) is 5.32 Å². The van der Waals surface area contributed by atoms with Crippen molar-refractivity contribution < 1.29 is 8.42 Å². The molecule has 1 unspecified atom stereocenters. The molecular formula is C13H19NO2S. The van der Waals surface area contributed by atoms with Crippen LogP contribution in [0, 0.1) is 6.92 Å². The van der Waals surface area contributed by atoms with Gasteiger partial charge in [0.25, 0.3) is 0 Å². The van der Waals surface area contributed by atoms with Crippen LogP contribution in [0.2, 0.25) is 0 Å². The van der Waals surface area contributed by atoms with E-state index in [2.05, 4.69) is 5.32 Å². The molecule has 1 aliphatic rings. The van der Waals surface area contributed by atoms with E-state index in [9.17, 15) is 8.42 Å². The lowest BCUT2D eigenvalue weighted by molar-refractivity contribution is 0.456. The smallest absolute Gasteiger partial charge is 0.175 e. The van der Waals surface area contributed by atoms with Gasteiger partial charge in [0, 0.05) is 12.8 Å². The Morgan fingerprint density at radius 1 is 1.35 bits per heavy atom. The largest absolute Gasteiger partial charge is 0.316 e. The molecule has 1 heterocycles. The summed E-state index contributed by atoms with van der Waals surface area (Å²) in [6.07, 6.45) is 3.47. The molecule has 1 atom stereocenters. The molecule has 2 rings (SSSR count). The third kappa shape index (κ3) is 2.87. The van der Waals surface area contributed by atoms with E-state index in [0.717, 1.165) is 37.1 Å². The monoisotopic (exact) mass is 253 g/mol. The first-order chi connectivity index (χ1) is 7.98. The molecule has 1 saturated heterocycles. The number of sulfone groups is 1. The predicted molar refractivity (Wildman–Crippen MR) is 69.1 cm³/mol. The highest BCUT2D eigenvalue weighted by molar-refractivity contribution is 7.90. The van der Waals surface area contributed by atoms with E-state index < -0.39 is 9.84 Å². The molecule has 0 spiro atoms. The van der Waals surface area contributed by atoms with Crippen molar-refractivity contribution in [3.8, 4) is 0 Å². The fraction of sp³-hybridized carbons (Fsp3) is 0.538. The quantitative estimate of drug-likeness (QED) is 0.875. The molecule has 0 amide bonds. The van der Waals surface area contributed by atoms with Crippen molar-refractivity contribution >= 4 is 9.84 Å². The summed E-state index contributed by atoms with van der Waals surface area (Å²) in [6, 6.07) is 5.77. The lowest BCUT2D eigenvalue weighted by atomic mass is 9.91. The first-order valence-corrected chi connectivity index (χ1v) is 7.89. The molecular weight excluding hydrogens is 234 g/mol. The fourth-order valence-corrected chi connectivity index (χ4v) is 3.48. The molecule has 0 bridgehead atoms. The maximum Gasteiger partial charge on any atom is 0.175 e. The zero-order chi connectivity index (χ0) is 12.5. The molecule has 17 heavy (non-hydrogen) atoms. The van der Waals surface area contributed by atoms with Crippen LogP contribution in [-0.2, 0) is 9.84 Å². The van der Waals surface area contributed by atoms with Gasteiger partial charge in [0.1, 0.15) is 0 Å². The van der Waals surface area contributed by atoms with Gasteiger partial charge in [-0.25, -0.2) is 8.42 Å². The van der Waals surface area contributed by atoms with Gasteiger partial charge in [-0.05, 0) is 49.4 Å². The average molecular weight is 253 g/mol. The van der Waals surface area contributed by atoms with E-state index in [1.54, 1.807) is 6.07 Å². The summed E-state index contributed by atoms with van der Waals surface area (Å²) in [4.78, 5) is 0.506. The highest BCUT2D eigenvalue weighted by Crippen LogP contribution is 2.29. The maximum absolute atomic E-state index is 11.8. The molecule has 0 aromatic heterocycles. The van der Waals surface area contributed by atoms with Gasteiger partial charge in [-0.1, -0.05) is 12.1 Å². The summed E-state index contributed by atoms with van der Waals surface area (Å²) in [5.74, 6) is 0.328. The number of piperidine rings is 1. The number of rotatable bonds is 2. The SMILES string of the molecule is Cc1ccc(C2CCCNC2)c(S(C)(=O)=O)c1.